The van der Waals surface area contributed by atoms with E-state index in [4.69, 9.17) is 11.6 Å². The number of carbonyl (C=O) groups excluding carboxylic acids is 1. The first kappa shape index (κ1) is 15.0. The van der Waals surface area contributed by atoms with Gasteiger partial charge in [-0.25, -0.2) is 0 Å². The number of halogens is 1. The third-order valence-electron chi connectivity index (χ3n) is 5.35. The Morgan fingerprint density at radius 2 is 2.09 bits per heavy atom. The van der Waals surface area contributed by atoms with Crippen LogP contribution in [0, 0.1) is 0 Å². The molecule has 0 aliphatic carbocycles. The van der Waals surface area contributed by atoms with Crippen molar-refractivity contribution in [2.75, 3.05) is 26.2 Å². The molecule has 0 spiro atoms. The number of piperidine rings is 1. The topological polar surface area (TPSA) is 28.5 Å². The lowest BCUT2D eigenvalue weighted by Crippen LogP contribution is -2.56. The van der Waals surface area contributed by atoms with Crippen LogP contribution in [-0.4, -0.2) is 52.5 Å². The second kappa shape index (κ2) is 5.84. The van der Waals surface area contributed by atoms with Crippen molar-refractivity contribution in [3.63, 3.8) is 0 Å². The van der Waals surface area contributed by atoms with Crippen LogP contribution in [0.5, 0.6) is 0 Å². The monoisotopic (exact) mass is 331 g/mol. The van der Waals surface area contributed by atoms with Crippen LogP contribution in [-0.2, 0) is 7.05 Å². The molecule has 2 aliphatic heterocycles. The Morgan fingerprint density at radius 3 is 2.91 bits per heavy atom. The molecule has 2 aromatic rings. The average molecular weight is 332 g/mol. The second-order valence-electron chi connectivity index (χ2n) is 6.70. The summed E-state index contributed by atoms with van der Waals surface area (Å²) in [6.07, 6.45) is 3.80. The summed E-state index contributed by atoms with van der Waals surface area (Å²) in [6.45, 7) is 3.87. The summed E-state index contributed by atoms with van der Waals surface area (Å²) >= 11 is 6.30. The number of amides is 1. The van der Waals surface area contributed by atoms with Crippen molar-refractivity contribution in [1.82, 2.24) is 14.4 Å². The number of rotatable bonds is 1. The molecule has 1 aromatic carbocycles. The van der Waals surface area contributed by atoms with Crippen molar-refractivity contribution >= 4 is 28.4 Å². The van der Waals surface area contributed by atoms with Gasteiger partial charge < -0.3 is 9.47 Å². The lowest BCUT2D eigenvalue weighted by molar-refractivity contribution is 0.0366. The summed E-state index contributed by atoms with van der Waals surface area (Å²) in [5, 5.41) is 1.72. The largest absolute Gasteiger partial charge is 0.338 e. The molecule has 1 atom stereocenters. The number of aromatic nitrogens is 1. The van der Waals surface area contributed by atoms with Crippen LogP contribution in [0.3, 0.4) is 0 Å². The predicted octanol–water partition coefficient (Wildman–Crippen LogP) is 3.14. The van der Waals surface area contributed by atoms with Gasteiger partial charge in [-0.3, -0.25) is 9.69 Å². The van der Waals surface area contributed by atoms with Crippen LogP contribution in [0.25, 0.3) is 10.9 Å². The summed E-state index contributed by atoms with van der Waals surface area (Å²) in [5.74, 6) is 0.130. The molecule has 5 heteroatoms. The van der Waals surface area contributed by atoms with Gasteiger partial charge in [0.15, 0.2) is 0 Å². The van der Waals surface area contributed by atoms with E-state index in [0.717, 1.165) is 36.2 Å². The molecular weight excluding hydrogens is 310 g/mol. The van der Waals surface area contributed by atoms with Gasteiger partial charge in [0.25, 0.3) is 5.91 Å². The molecule has 23 heavy (non-hydrogen) atoms. The first-order valence-corrected chi connectivity index (χ1v) is 8.80. The summed E-state index contributed by atoms with van der Waals surface area (Å²) in [6, 6.07) is 8.33. The number of hydrogen-bond acceptors (Lipinski definition) is 2. The van der Waals surface area contributed by atoms with E-state index >= 15 is 0 Å². The minimum absolute atomic E-state index is 0.130. The fourth-order valence-corrected chi connectivity index (χ4v) is 4.38. The zero-order valence-corrected chi connectivity index (χ0v) is 14.2. The maximum absolute atomic E-state index is 13.0. The number of carbonyl (C=O) groups is 1. The summed E-state index contributed by atoms with van der Waals surface area (Å²) in [7, 11) is 1.93. The van der Waals surface area contributed by atoms with E-state index in [9.17, 15) is 4.79 Å². The predicted molar refractivity (Wildman–Crippen MR) is 93.0 cm³/mol. The lowest BCUT2D eigenvalue weighted by atomic mass is 9.99. The van der Waals surface area contributed by atoms with Gasteiger partial charge in [0.05, 0.1) is 10.5 Å². The average Bonchev–Trinajstić information content (AvgIpc) is 2.92. The molecule has 1 amide bonds. The molecular formula is C18H22ClN3O. The molecule has 2 aliphatic rings. The third kappa shape index (κ3) is 2.54. The zero-order valence-electron chi connectivity index (χ0n) is 13.5. The highest BCUT2D eigenvalue weighted by Gasteiger charge is 2.32. The van der Waals surface area contributed by atoms with Gasteiger partial charge in [-0.1, -0.05) is 30.2 Å². The Hall–Kier alpha value is -1.52. The smallest absolute Gasteiger partial charge is 0.270 e. The van der Waals surface area contributed by atoms with Crippen molar-refractivity contribution in [3.8, 4) is 0 Å². The Bertz CT molecular complexity index is 754. The van der Waals surface area contributed by atoms with Crippen molar-refractivity contribution in [2.24, 2.45) is 7.05 Å². The standard InChI is InChI=1S/C18H22ClN3O/c1-20-16(11-13-5-4-7-15(19)17(13)20)18(23)22-10-9-21-8-3-2-6-14(21)12-22/h4-5,7,11,14H,2-3,6,8-10,12H2,1H3/t14-/m0/s1. The van der Waals surface area contributed by atoms with Gasteiger partial charge in [-0.15, -0.1) is 0 Å². The Kier molecular flexibility index (Phi) is 3.82. The van der Waals surface area contributed by atoms with E-state index in [0.29, 0.717) is 11.1 Å². The molecule has 1 aromatic heterocycles. The van der Waals surface area contributed by atoms with Crippen LogP contribution in [0.4, 0.5) is 0 Å². The molecule has 4 nitrogen and oxygen atoms in total. The fourth-order valence-electron chi connectivity index (χ4n) is 4.07. The summed E-state index contributed by atoms with van der Waals surface area (Å²) in [5.41, 5.74) is 1.67. The zero-order chi connectivity index (χ0) is 16.0. The molecule has 0 N–H and O–H groups in total. The van der Waals surface area contributed by atoms with Crippen LogP contribution >= 0.6 is 11.6 Å². The number of nitrogens with zero attached hydrogens (tertiary/aromatic N) is 3. The number of benzene rings is 1. The SMILES string of the molecule is Cn1c(C(=O)N2CCN3CCCC[C@H]3C2)cc2cccc(Cl)c21. The molecule has 0 unspecified atom stereocenters. The highest BCUT2D eigenvalue weighted by atomic mass is 35.5. The minimum Gasteiger partial charge on any atom is -0.338 e. The number of aryl methyl sites for hydroxylation is 1. The number of para-hydroxylation sites is 1. The van der Waals surface area contributed by atoms with Crippen LogP contribution < -0.4 is 0 Å². The third-order valence-corrected chi connectivity index (χ3v) is 5.66. The number of fused-ring (bicyclic) bond motifs is 2. The van der Waals surface area contributed by atoms with E-state index in [2.05, 4.69) is 4.90 Å². The van der Waals surface area contributed by atoms with E-state index < -0.39 is 0 Å². The molecule has 0 bridgehead atoms. The fraction of sp³-hybridized carbons (Fsp3) is 0.500. The first-order chi connectivity index (χ1) is 11.1. The van der Waals surface area contributed by atoms with E-state index in [1.165, 1.54) is 25.8 Å². The highest BCUT2D eigenvalue weighted by Crippen LogP contribution is 2.28. The quantitative estimate of drug-likeness (QED) is 0.803. The van der Waals surface area contributed by atoms with E-state index in [1.807, 2.05) is 40.8 Å². The van der Waals surface area contributed by atoms with Crippen LogP contribution in [0.15, 0.2) is 24.3 Å². The lowest BCUT2D eigenvalue weighted by Gasteiger charge is -2.44. The summed E-state index contributed by atoms with van der Waals surface area (Å²) < 4.78 is 1.94. The van der Waals surface area contributed by atoms with E-state index in [1.54, 1.807) is 0 Å². The summed E-state index contributed by atoms with van der Waals surface area (Å²) in [4.78, 5) is 17.6. The molecule has 2 fully saturated rings. The molecule has 4 rings (SSSR count). The van der Waals surface area contributed by atoms with Crippen LogP contribution in [0.2, 0.25) is 5.02 Å². The van der Waals surface area contributed by atoms with Crippen molar-refractivity contribution in [1.29, 1.82) is 0 Å². The van der Waals surface area contributed by atoms with Gasteiger partial charge in [0.2, 0.25) is 0 Å². The number of hydrogen-bond donors (Lipinski definition) is 0. The van der Waals surface area contributed by atoms with Crippen LogP contribution in [0.1, 0.15) is 29.8 Å². The van der Waals surface area contributed by atoms with Crippen molar-refractivity contribution in [2.45, 2.75) is 25.3 Å². The van der Waals surface area contributed by atoms with Gasteiger partial charge in [-0.2, -0.15) is 0 Å². The van der Waals surface area contributed by atoms with Gasteiger partial charge >= 0.3 is 0 Å². The second-order valence-corrected chi connectivity index (χ2v) is 7.11. The Morgan fingerprint density at radius 1 is 1.22 bits per heavy atom. The Balaban J connectivity index is 1.62. The van der Waals surface area contributed by atoms with Crippen molar-refractivity contribution < 1.29 is 4.79 Å². The minimum atomic E-state index is 0.130. The maximum atomic E-state index is 13.0. The molecule has 0 saturated carbocycles. The molecule has 122 valence electrons. The van der Waals surface area contributed by atoms with Crippen molar-refractivity contribution in [3.05, 3.63) is 35.0 Å². The van der Waals surface area contributed by atoms with E-state index in [-0.39, 0.29) is 5.91 Å². The van der Waals surface area contributed by atoms with Gasteiger partial charge in [-0.05, 0) is 31.5 Å². The van der Waals surface area contributed by atoms with Gasteiger partial charge in [0, 0.05) is 38.1 Å². The molecule has 2 saturated heterocycles. The normalized spacial score (nSPS) is 22.3. The highest BCUT2D eigenvalue weighted by molar-refractivity contribution is 6.35. The molecule has 3 heterocycles. The maximum Gasteiger partial charge on any atom is 0.270 e. The molecule has 0 radical (unpaired) electrons. The first-order valence-electron chi connectivity index (χ1n) is 8.42. The number of piperazine rings is 1. The van der Waals surface area contributed by atoms with Gasteiger partial charge in [0.1, 0.15) is 5.69 Å². The Labute approximate surface area is 141 Å².